The van der Waals surface area contributed by atoms with Crippen LogP contribution >= 0.6 is 11.5 Å². The normalized spacial score (nSPS) is 12.7. The molecule has 2 nitrogen and oxygen atoms in total. The Morgan fingerprint density at radius 2 is 1.93 bits per heavy atom. The van der Waals surface area contributed by atoms with E-state index in [4.69, 9.17) is 0 Å². The van der Waals surface area contributed by atoms with Gasteiger partial charge in [-0.1, -0.05) is 29.8 Å². The zero-order valence-electron chi connectivity index (χ0n) is 7.84. The smallest absolute Gasteiger partial charge is 0.115 e. The van der Waals surface area contributed by atoms with Crippen molar-refractivity contribution < 1.29 is 5.11 Å². The summed E-state index contributed by atoms with van der Waals surface area (Å²) in [6.45, 7) is 2.03. The van der Waals surface area contributed by atoms with Crippen LogP contribution in [0.1, 0.15) is 22.1 Å². The molecular formula is C11H11NOS. The van der Waals surface area contributed by atoms with Crippen molar-refractivity contribution in [2.45, 2.75) is 13.0 Å². The predicted molar refractivity (Wildman–Crippen MR) is 57.4 cm³/mol. The summed E-state index contributed by atoms with van der Waals surface area (Å²) < 4.78 is 3.97. The van der Waals surface area contributed by atoms with E-state index in [1.54, 1.807) is 6.20 Å². The molecule has 0 aliphatic heterocycles. The highest BCUT2D eigenvalue weighted by molar-refractivity contribution is 7.05. The highest BCUT2D eigenvalue weighted by atomic mass is 32.1. The molecule has 0 saturated carbocycles. The van der Waals surface area contributed by atoms with Crippen LogP contribution in [0.15, 0.2) is 36.5 Å². The van der Waals surface area contributed by atoms with Crippen molar-refractivity contribution in [1.29, 1.82) is 0 Å². The zero-order valence-corrected chi connectivity index (χ0v) is 8.66. The Bertz CT molecular complexity index is 394. The number of aromatic nitrogens is 1. The topological polar surface area (TPSA) is 33.1 Å². The summed E-state index contributed by atoms with van der Waals surface area (Å²) in [5.41, 5.74) is 2.12. The molecule has 0 saturated heterocycles. The van der Waals surface area contributed by atoms with Crippen LogP contribution < -0.4 is 0 Å². The highest BCUT2D eigenvalue weighted by Gasteiger charge is 2.10. The third-order valence-electron chi connectivity index (χ3n) is 2.12. The molecular weight excluding hydrogens is 194 g/mol. The zero-order chi connectivity index (χ0) is 9.97. The van der Waals surface area contributed by atoms with E-state index in [1.165, 1.54) is 17.1 Å². The second-order valence-electron chi connectivity index (χ2n) is 3.23. The Morgan fingerprint density at radius 3 is 2.50 bits per heavy atom. The first-order chi connectivity index (χ1) is 6.77. The number of hydrogen-bond acceptors (Lipinski definition) is 3. The molecule has 72 valence electrons. The van der Waals surface area contributed by atoms with Crippen LogP contribution in [-0.2, 0) is 0 Å². The molecule has 1 N–H and O–H groups in total. The first-order valence-electron chi connectivity index (χ1n) is 4.42. The van der Waals surface area contributed by atoms with Crippen molar-refractivity contribution >= 4 is 11.5 Å². The Balaban J connectivity index is 2.28. The molecule has 0 aliphatic carbocycles. The maximum atomic E-state index is 9.94. The predicted octanol–water partition coefficient (Wildman–Crippen LogP) is 2.53. The summed E-state index contributed by atoms with van der Waals surface area (Å²) in [5.74, 6) is 0. The summed E-state index contributed by atoms with van der Waals surface area (Å²) in [4.78, 5) is 0.883. The van der Waals surface area contributed by atoms with E-state index < -0.39 is 6.10 Å². The summed E-state index contributed by atoms with van der Waals surface area (Å²) in [5, 5.41) is 9.94. The molecule has 1 unspecified atom stereocenters. The summed E-state index contributed by atoms with van der Waals surface area (Å²) in [6, 6.07) is 9.73. The van der Waals surface area contributed by atoms with Crippen LogP contribution in [0.4, 0.5) is 0 Å². The van der Waals surface area contributed by atoms with Crippen LogP contribution in [0.25, 0.3) is 0 Å². The van der Waals surface area contributed by atoms with Crippen LogP contribution in [0.5, 0.6) is 0 Å². The van der Waals surface area contributed by atoms with E-state index in [-0.39, 0.29) is 0 Å². The van der Waals surface area contributed by atoms with Gasteiger partial charge in [-0.3, -0.25) is 0 Å². The lowest BCUT2D eigenvalue weighted by Gasteiger charge is -2.07. The van der Waals surface area contributed by atoms with E-state index >= 15 is 0 Å². The number of rotatable bonds is 2. The van der Waals surface area contributed by atoms with Gasteiger partial charge < -0.3 is 5.11 Å². The minimum Gasteiger partial charge on any atom is -0.383 e. The lowest BCUT2D eigenvalue weighted by atomic mass is 10.1. The molecule has 0 radical (unpaired) electrons. The molecule has 2 aromatic rings. The fourth-order valence-electron chi connectivity index (χ4n) is 1.28. The number of aryl methyl sites for hydroxylation is 1. The maximum Gasteiger partial charge on any atom is 0.115 e. The van der Waals surface area contributed by atoms with Gasteiger partial charge in [-0.15, -0.1) is 0 Å². The molecule has 0 spiro atoms. The Morgan fingerprint density at radius 1 is 1.21 bits per heavy atom. The third-order valence-corrected chi connectivity index (χ3v) is 2.92. The van der Waals surface area contributed by atoms with Gasteiger partial charge in [-0.2, -0.15) is 0 Å². The van der Waals surface area contributed by atoms with Crippen LogP contribution in [0, 0.1) is 6.92 Å². The molecule has 14 heavy (non-hydrogen) atoms. The molecule has 0 fully saturated rings. The average molecular weight is 205 g/mol. The molecule has 1 heterocycles. The quantitative estimate of drug-likeness (QED) is 0.817. The van der Waals surface area contributed by atoms with Gasteiger partial charge in [0.2, 0.25) is 0 Å². The van der Waals surface area contributed by atoms with Crippen LogP contribution in [0.2, 0.25) is 0 Å². The number of hydrogen-bond donors (Lipinski definition) is 1. The summed E-state index contributed by atoms with van der Waals surface area (Å²) in [6.07, 6.45) is 1.17. The first-order valence-corrected chi connectivity index (χ1v) is 5.20. The van der Waals surface area contributed by atoms with Crippen molar-refractivity contribution in [2.75, 3.05) is 0 Å². The molecule has 1 aromatic heterocycles. The van der Waals surface area contributed by atoms with Crippen molar-refractivity contribution in [3.8, 4) is 0 Å². The number of aliphatic hydroxyl groups excluding tert-OH is 1. The maximum absolute atomic E-state index is 9.94. The van der Waals surface area contributed by atoms with Gasteiger partial charge in [0.25, 0.3) is 0 Å². The molecule has 0 aliphatic rings. The van der Waals surface area contributed by atoms with E-state index in [2.05, 4.69) is 4.37 Å². The van der Waals surface area contributed by atoms with Gasteiger partial charge in [0, 0.05) is 6.20 Å². The number of nitrogens with zero attached hydrogens (tertiary/aromatic N) is 1. The minimum absolute atomic E-state index is 0.539. The second kappa shape index (κ2) is 3.90. The van der Waals surface area contributed by atoms with Crippen molar-refractivity contribution in [1.82, 2.24) is 4.37 Å². The largest absolute Gasteiger partial charge is 0.383 e. The monoisotopic (exact) mass is 205 g/mol. The first kappa shape index (κ1) is 9.37. The van der Waals surface area contributed by atoms with Crippen molar-refractivity contribution in [3.05, 3.63) is 52.5 Å². The van der Waals surface area contributed by atoms with Crippen molar-refractivity contribution in [2.24, 2.45) is 0 Å². The van der Waals surface area contributed by atoms with Gasteiger partial charge in [0.05, 0.1) is 4.88 Å². The van der Waals surface area contributed by atoms with Gasteiger partial charge in [0.15, 0.2) is 0 Å². The summed E-state index contributed by atoms with van der Waals surface area (Å²) >= 11 is 1.33. The third kappa shape index (κ3) is 1.84. The SMILES string of the molecule is Cc1ccc(C(O)c2ccns2)cc1. The van der Waals surface area contributed by atoms with Gasteiger partial charge in [-0.25, -0.2) is 4.37 Å². The Labute approximate surface area is 87.0 Å². The molecule has 0 bridgehead atoms. The molecule has 1 aromatic carbocycles. The average Bonchev–Trinajstić information content (AvgIpc) is 2.71. The minimum atomic E-state index is -0.539. The van der Waals surface area contributed by atoms with Gasteiger partial charge in [-0.05, 0) is 30.1 Å². The van der Waals surface area contributed by atoms with Gasteiger partial charge in [0.1, 0.15) is 6.10 Å². The second-order valence-corrected chi connectivity index (χ2v) is 4.09. The Hall–Kier alpha value is -1.19. The standard InChI is InChI=1S/C11H11NOS/c1-8-2-4-9(5-3-8)11(13)10-6-7-12-14-10/h2-7,11,13H,1H3. The van der Waals surface area contributed by atoms with E-state index in [0.29, 0.717) is 0 Å². The summed E-state index contributed by atoms with van der Waals surface area (Å²) in [7, 11) is 0. The lowest BCUT2D eigenvalue weighted by molar-refractivity contribution is 0.224. The molecule has 3 heteroatoms. The Kier molecular flexibility index (Phi) is 2.61. The number of benzene rings is 1. The lowest BCUT2D eigenvalue weighted by Crippen LogP contribution is -1.96. The fraction of sp³-hybridized carbons (Fsp3) is 0.182. The van der Waals surface area contributed by atoms with Gasteiger partial charge >= 0.3 is 0 Å². The number of aliphatic hydroxyl groups is 1. The molecule has 2 rings (SSSR count). The van der Waals surface area contributed by atoms with Crippen molar-refractivity contribution in [3.63, 3.8) is 0 Å². The fourth-order valence-corrected chi connectivity index (χ4v) is 1.88. The highest BCUT2D eigenvalue weighted by Crippen LogP contribution is 2.24. The molecule has 0 amide bonds. The van der Waals surface area contributed by atoms with E-state index in [0.717, 1.165) is 10.4 Å². The van der Waals surface area contributed by atoms with Crippen LogP contribution in [0.3, 0.4) is 0 Å². The van der Waals surface area contributed by atoms with E-state index in [9.17, 15) is 5.11 Å². The van der Waals surface area contributed by atoms with E-state index in [1.807, 2.05) is 37.3 Å². The van der Waals surface area contributed by atoms with Crippen LogP contribution in [-0.4, -0.2) is 9.48 Å². The molecule has 1 atom stereocenters.